The first-order chi connectivity index (χ1) is 12.1. The molecule has 0 bridgehead atoms. The minimum Gasteiger partial charge on any atom is -0.342 e. The van der Waals surface area contributed by atoms with Gasteiger partial charge in [-0.15, -0.1) is 0 Å². The number of carbonyl (C=O) groups excluding carboxylic acids is 1. The van der Waals surface area contributed by atoms with Crippen LogP contribution in [0.3, 0.4) is 0 Å². The number of amides is 1. The number of likely N-dealkylation sites (tertiary alicyclic amines) is 1. The fraction of sp³-hybridized carbons (Fsp3) is 0.526. The van der Waals surface area contributed by atoms with E-state index in [1.807, 2.05) is 34.9 Å². The fourth-order valence-electron chi connectivity index (χ4n) is 3.25. The Morgan fingerprint density at radius 3 is 2.76 bits per heavy atom. The topological polar surface area (TPSA) is 69.3 Å². The summed E-state index contributed by atoms with van der Waals surface area (Å²) in [6.45, 7) is 7.51. The Morgan fingerprint density at radius 1 is 1.32 bits per heavy atom. The van der Waals surface area contributed by atoms with Gasteiger partial charge in [-0.2, -0.15) is 0 Å². The van der Waals surface area contributed by atoms with Crippen LogP contribution in [0.25, 0.3) is 10.9 Å². The molecule has 1 aromatic heterocycles. The Hall–Kier alpha value is -2.21. The van der Waals surface area contributed by atoms with E-state index in [1.54, 1.807) is 6.07 Å². The molecule has 1 fully saturated rings. The van der Waals surface area contributed by atoms with E-state index in [0.29, 0.717) is 35.7 Å². The van der Waals surface area contributed by atoms with Gasteiger partial charge in [0.25, 0.3) is 5.56 Å². The van der Waals surface area contributed by atoms with Gasteiger partial charge in [-0.25, -0.2) is 4.98 Å². The predicted molar refractivity (Wildman–Crippen MR) is 98.3 cm³/mol. The van der Waals surface area contributed by atoms with Gasteiger partial charge in [0.05, 0.1) is 24.0 Å². The molecule has 0 aliphatic carbocycles. The second-order valence-corrected chi connectivity index (χ2v) is 6.90. The summed E-state index contributed by atoms with van der Waals surface area (Å²) in [7, 11) is 0. The molecule has 0 atom stereocenters. The molecule has 6 nitrogen and oxygen atoms in total. The van der Waals surface area contributed by atoms with Gasteiger partial charge in [0.1, 0.15) is 5.82 Å². The molecule has 1 aliphatic rings. The van der Waals surface area contributed by atoms with Gasteiger partial charge >= 0.3 is 0 Å². The van der Waals surface area contributed by atoms with Crippen LogP contribution in [-0.2, 0) is 11.3 Å². The summed E-state index contributed by atoms with van der Waals surface area (Å²) in [5, 5.41) is 0.591. The number of hydrogen-bond donors (Lipinski definition) is 1. The first kappa shape index (κ1) is 17.6. The number of piperidine rings is 1. The lowest BCUT2D eigenvalue weighted by molar-refractivity contribution is -0.133. The first-order valence-electron chi connectivity index (χ1n) is 9.05. The lowest BCUT2D eigenvalue weighted by atomic mass is 9.99. The average Bonchev–Trinajstić information content (AvgIpc) is 2.61. The van der Waals surface area contributed by atoms with E-state index < -0.39 is 0 Å². The number of nitrogens with zero attached hydrogens (tertiary/aromatic N) is 3. The number of carbonyl (C=O) groups is 1. The molecule has 1 N–H and O–H groups in total. The van der Waals surface area contributed by atoms with Crippen LogP contribution in [0.5, 0.6) is 0 Å². The number of hydrogen-bond acceptors (Lipinski definition) is 4. The molecule has 134 valence electrons. The van der Waals surface area contributed by atoms with Crippen LogP contribution in [0.2, 0.25) is 0 Å². The van der Waals surface area contributed by atoms with E-state index in [9.17, 15) is 9.59 Å². The summed E-state index contributed by atoms with van der Waals surface area (Å²) in [4.78, 5) is 36.1. The van der Waals surface area contributed by atoms with Crippen molar-refractivity contribution in [1.82, 2.24) is 19.8 Å². The Labute approximate surface area is 147 Å². The highest BCUT2D eigenvalue weighted by Gasteiger charge is 2.22. The number of benzene rings is 1. The van der Waals surface area contributed by atoms with Crippen molar-refractivity contribution in [3.63, 3.8) is 0 Å². The van der Waals surface area contributed by atoms with Gasteiger partial charge in [-0.1, -0.05) is 26.0 Å². The lowest BCUT2D eigenvalue weighted by Crippen LogP contribution is -2.44. The molecule has 0 saturated carbocycles. The lowest BCUT2D eigenvalue weighted by Gasteiger charge is -2.32. The van der Waals surface area contributed by atoms with E-state index in [1.165, 1.54) is 0 Å². The molecule has 2 aromatic rings. The number of fused-ring (bicyclic) bond motifs is 1. The number of para-hydroxylation sites is 1. The summed E-state index contributed by atoms with van der Waals surface area (Å²) in [6, 6.07) is 7.31. The molecule has 6 heteroatoms. The van der Waals surface area contributed by atoms with Crippen molar-refractivity contribution in [2.24, 2.45) is 5.92 Å². The Balaban J connectivity index is 1.68. The normalized spacial score (nSPS) is 15.9. The monoisotopic (exact) mass is 342 g/mol. The summed E-state index contributed by atoms with van der Waals surface area (Å²) in [5.41, 5.74) is 0.557. The third-order valence-corrected chi connectivity index (χ3v) is 4.98. The quantitative estimate of drug-likeness (QED) is 0.902. The molecule has 1 aliphatic heterocycles. The summed E-state index contributed by atoms with van der Waals surface area (Å²) < 4.78 is 0. The zero-order chi connectivity index (χ0) is 17.8. The van der Waals surface area contributed by atoms with Gasteiger partial charge in [-0.3, -0.25) is 14.5 Å². The van der Waals surface area contributed by atoms with Gasteiger partial charge in [-0.05, 0) is 37.4 Å². The van der Waals surface area contributed by atoms with E-state index in [4.69, 9.17) is 0 Å². The number of nitrogens with one attached hydrogen (secondary N) is 1. The summed E-state index contributed by atoms with van der Waals surface area (Å²) in [6.07, 6.45) is 2.16. The minimum absolute atomic E-state index is 0.131. The molecule has 1 aromatic carbocycles. The summed E-state index contributed by atoms with van der Waals surface area (Å²) in [5.74, 6) is 1.47. The molecule has 0 spiro atoms. The van der Waals surface area contributed by atoms with Gasteiger partial charge in [0, 0.05) is 13.1 Å². The number of aromatic amines is 1. The number of aromatic nitrogens is 2. The molecule has 0 radical (unpaired) electrons. The van der Waals surface area contributed by atoms with Gasteiger partial charge < -0.3 is 9.88 Å². The molecule has 1 saturated heterocycles. The van der Waals surface area contributed by atoms with E-state index in [-0.39, 0.29) is 11.5 Å². The van der Waals surface area contributed by atoms with Crippen LogP contribution < -0.4 is 5.56 Å². The number of rotatable bonds is 5. The highest BCUT2D eigenvalue weighted by molar-refractivity contribution is 5.78. The maximum Gasteiger partial charge on any atom is 0.258 e. The highest BCUT2D eigenvalue weighted by Crippen LogP contribution is 2.16. The molecule has 25 heavy (non-hydrogen) atoms. The van der Waals surface area contributed by atoms with Crippen molar-refractivity contribution in [2.45, 2.75) is 33.2 Å². The highest BCUT2D eigenvalue weighted by atomic mass is 16.2. The van der Waals surface area contributed by atoms with Crippen molar-refractivity contribution < 1.29 is 4.79 Å². The molecule has 1 amide bonds. The zero-order valence-corrected chi connectivity index (χ0v) is 15.0. The minimum atomic E-state index is -0.131. The van der Waals surface area contributed by atoms with Gasteiger partial charge in [0.15, 0.2) is 0 Å². The van der Waals surface area contributed by atoms with Crippen molar-refractivity contribution in [1.29, 1.82) is 0 Å². The van der Waals surface area contributed by atoms with Crippen LogP contribution in [0.1, 0.15) is 32.5 Å². The fourth-order valence-corrected chi connectivity index (χ4v) is 3.25. The van der Waals surface area contributed by atoms with Crippen molar-refractivity contribution in [2.75, 3.05) is 26.2 Å². The Bertz CT molecular complexity index is 793. The molecule has 2 heterocycles. The van der Waals surface area contributed by atoms with E-state index >= 15 is 0 Å². The van der Waals surface area contributed by atoms with Crippen LogP contribution in [0.4, 0.5) is 0 Å². The zero-order valence-electron chi connectivity index (χ0n) is 15.0. The largest absolute Gasteiger partial charge is 0.342 e. The van der Waals surface area contributed by atoms with Crippen LogP contribution in [0, 0.1) is 5.92 Å². The standard InChI is InChI=1S/C19H26N4O2/c1-3-22(13-18(24)23-10-8-14(2)9-11-23)12-17-20-16-7-5-4-6-15(16)19(25)21-17/h4-7,14H,3,8-13H2,1-2H3,(H,20,21,25). The summed E-state index contributed by atoms with van der Waals surface area (Å²) >= 11 is 0. The predicted octanol–water partition coefficient (Wildman–Crippen LogP) is 2.00. The first-order valence-corrected chi connectivity index (χ1v) is 9.05. The van der Waals surface area contributed by atoms with E-state index in [2.05, 4.69) is 16.9 Å². The molecule has 3 rings (SSSR count). The number of H-pyrrole nitrogens is 1. The van der Waals surface area contributed by atoms with Crippen molar-refractivity contribution >= 4 is 16.8 Å². The molecular formula is C19H26N4O2. The van der Waals surface area contributed by atoms with Crippen molar-refractivity contribution in [3.8, 4) is 0 Å². The van der Waals surface area contributed by atoms with Crippen molar-refractivity contribution in [3.05, 3.63) is 40.4 Å². The smallest absolute Gasteiger partial charge is 0.258 e. The third-order valence-electron chi connectivity index (χ3n) is 4.98. The average molecular weight is 342 g/mol. The molecular weight excluding hydrogens is 316 g/mol. The Kier molecular flexibility index (Phi) is 5.48. The maximum absolute atomic E-state index is 12.5. The maximum atomic E-state index is 12.5. The molecule has 0 unspecified atom stereocenters. The van der Waals surface area contributed by atoms with E-state index in [0.717, 1.165) is 32.5 Å². The van der Waals surface area contributed by atoms with Crippen LogP contribution in [0.15, 0.2) is 29.1 Å². The van der Waals surface area contributed by atoms with Gasteiger partial charge in [0.2, 0.25) is 5.91 Å². The van der Waals surface area contributed by atoms with Crippen LogP contribution >= 0.6 is 0 Å². The second kappa shape index (κ2) is 7.78. The second-order valence-electron chi connectivity index (χ2n) is 6.90. The SMILES string of the molecule is CCN(CC(=O)N1CCC(C)CC1)Cc1nc2ccccc2c(=O)[nH]1. The number of likely N-dealkylation sites (N-methyl/N-ethyl adjacent to an activating group) is 1. The van der Waals surface area contributed by atoms with Crippen LogP contribution in [-0.4, -0.2) is 51.9 Å². The third kappa shape index (κ3) is 4.25. The Morgan fingerprint density at radius 2 is 2.04 bits per heavy atom.